The summed E-state index contributed by atoms with van der Waals surface area (Å²) in [6.45, 7) is 14.2. The van der Waals surface area contributed by atoms with Crippen LogP contribution in [0.3, 0.4) is 0 Å². The van der Waals surface area contributed by atoms with Gasteiger partial charge < -0.3 is 33.8 Å². The smallest absolute Gasteiger partial charge is 0.462 e. The number of phosphoric acid groups is 2. The fraction of sp³-hybridized carbons (Fsp3) is 0.946. The molecule has 0 aromatic rings. The van der Waals surface area contributed by atoms with E-state index in [1.807, 2.05) is 0 Å². The van der Waals surface area contributed by atoms with E-state index in [9.17, 15) is 43.2 Å². The first-order valence-corrected chi connectivity index (χ1v) is 41.2. The summed E-state index contributed by atoms with van der Waals surface area (Å²) in [6, 6.07) is 0. The molecule has 4 unspecified atom stereocenters. The molecule has 0 saturated carbocycles. The van der Waals surface area contributed by atoms with Crippen LogP contribution in [-0.4, -0.2) is 96.7 Å². The summed E-state index contributed by atoms with van der Waals surface area (Å²) in [5.41, 5.74) is 0. The van der Waals surface area contributed by atoms with Crippen LogP contribution in [0.1, 0.15) is 370 Å². The van der Waals surface area contributed by atoms with E-state index in [1.54, 1.807) is 0 Å². The Bertz CT molecular complexity index is 1840. The number of unbranched alkanes of at least 4 members (excludes halogenated alkanes) is 36. The van der Waals surface area contributed by atoms with Crippen molar-refractivity contribution in [1.29, 1.82) is 0 Å². The first-order valence-electron chi connectivity index (χ1n) is 38.2. The molecule has 0 spiro atoms. The van der Waals surface area contributed by atoms with Crippen molar-refractivity contribution in [2.45, 2.75) is 388 Å². The Kier molecular flexibility index (Phi) is 62.2. The molecule has 0 fully saturated rings. The molecule has 19 heteroatoms. The molecule has 17 nitrogen and oxygen atoms in total. The molecule has 0 aromatic heterocycles. The van der Waals surface area contributed by atoms with Crippen LogP contribution in [0.2, 0.25) is 0 Å². The number of hydrogen-bond donors (Lipinski definition) is 3. The lowest BCUT2D eigenvalue weighted by atomic mass is 9.99. The lowest BCUT2D eigenvalue weighted by Crippen LogP contribution is -2.30. The number of carbonyl (C=O) groups is 4. The maximum absolute atomic E-state index is 13.1. The molecule has 0 aliphatic carbocycles. The van der Waals surface area contributed by atoms with Crippen LogP contribution in [0, 0.1) is 23.7 Å². The predicted octanol–water partition coefficient (Wildman–Crippen LogP) is 21.3. The van der Waals surface area contributed by atoms with Gasteiger partial charge in [0.2, 0.25) is 0 Å². The van der Waals surface area contributed by atoms with Gasteiger partial charge in [-0.2, -0.15) is 0 Å². The van der Waals surface area contributed by atoms with Crippen LogP contribution in [-0.2, 0) is 65.4 Å². The van der Waals surface area contributed by atoms with E-state index in [0.29, 0.717) is 31.6 Å². The van der Waals surface area contributed by atoms with Crippen LogP contribution < -0.4 is 0 Å². The zero-order valence-corrected chi connectivity index (χ0v) is 62.7. The van der Waals surface area contributed by atoms with Gasteiger partial charge >= 0.3 is 39.5 Å². The van der Waals surface area contributed by atoms with Crippen LogP contribution >= 0.6 is 15.6 Å². The minimum absolute atomic E-state index is 0.105. The second-order valence-corrected chi connectivity index (χ2v) is 31.3. The lowest BCUT2D eigenvalue weighted by Gasteiger charge is -2.21. The summed E-state index contributed by atoms with van der Waals surface area (Å²) in [6.07, 6.45) is 47.1. The lowest BCUT2D eigenvalue weighted by molar-refractivity contribution is -0.161. The molecular weight excluding hydrogens is 1220 g/mol. The number of phosphoric ester groups is 2. The molecule has 0 aromatic carbocycles. The van der Waals surface area contributed by atoms with Crippen molar-refractivity contribution in [3.05, 3.63) is 0 Å². The van der Waals surface area contributed by atoms with Crippen molar-refractivity contribution in [2.24, 2.45) is 23.7 Å². The summed E-state index contributed by atoms with van der Waals surface area (Å²) in [5, 5.41) is 10.6. The zero-order chi connectivity index (χ0) is 68.9. The van der Waals surface area contributed by atoms with Crippen molar-refractivity contribution in [2.75, 3.05) is 39.6 Å². The number of rotatable bonds is 71. The SMILES string of the molecule is CCC(C)CCCCCCCCCCCCC(=O)OC[C@H](COP(=O)(O)OCC(O)COP(=O)(O)OC[C@@H](COC(=O)CCCCCCCCCC(C)C)OC(=O)CCCCCCCCCCCCCC(C)C)OC(=O)CCCCCCCCCCCCCCC(C)C. The van der Waals surface area contributed by atoms with Crippen molar-refractivity contribution >= 4 is 39.5 Å². The molecular formula is C74H144O17P2. The molecule has 0 aliphatic rings. The Hall–Kier alpha value is -1.94. The Balaban J connectivity index is 5.27. The fourth-order valence-electron chi connectivity index (χ4n) is 11.2. The van der Waals surface area contributed by atoms with Crippen molar-refractivity contribution < 1.29 is 80.2 Å². The van der Waals surface area contributed by atoms with Crippen molar-refractivity contribution in [1.82, 2.24) is 0 Å². The highest BCUT2D eigenvalue weighted by Crippen LogP contribution is 2.45. The monoisotopic (exact) mass is 1370 g/mol. The zero-order valence-electron chi connectivity index (χ0n) is 60.9. The molecule has 93 heavy (non-hydrogen) atoms. The average molecular weight is 1370 g/mol. The predicted molar refractivity (Wildman–Crippen MR) is 377 cm³/mol. The third kappa shape index (κ3) is 67.0. The van der Waals surface area contributed by atoms with Gasteiger partial charge in [-0.1, -0.05) is 319 Å². The normalized spacial score (nSPS) is 14.5. The van der Waals surface area contributed by atoms with Crippen LogP contribution in [0.15, 0.2) is 0 Å². The molecule has 0 saturated heterocycles. The van der Waals surface area contributed by atoms with Crippen molar-refractivity contribution in [3.8, 4) is 0 Å². The van der Waals surface area contributed by atoms with Crippen molar-refractivity contribution in [3.63, 3.8) is 0 Å². The third-order valence-electron chi connectivity index (χ3n) is 17.4. The molecule has 0 aliphatic heterocycles. The first kappa shape index (κ1) is 91.1. The number of aliphatic hydroxyl groups is 1. The summed E-state index contributed by atoms with van der Waals surface area (Å²) < 4.78 is 68.5. The minimum Gasteiger partial charge on any atom is -0.462 e. The standard InChI is InChI=1S/C74H144O17P2/c1-9-67(8)53-45-37-29-21-17-18-22-30-38-46-54-71(76)84-60-69(90-73(78)56-48-40-31-23-15-11-10-13-19-26-34-42-50-64(2)3)62-88-92(80,81)86-58-68(75)59-87-93(82,83)89-63-70(61-85-72(77)55-47-39-33-25-28-36-44-52-66(6)7)91-74(79)57-49-41-32-24-16-12-14-20-27-35-43-51-65(4)5/h64-70,75H,9-63H2,1-8H3,(H,80,81)(H,82,83)/t67?,68?,69-,70-/m1/s1. The topological polar surface area (TPSA) is 237 Å². The highest BCUT2D eigenvalue weighted by Gasteiger charge is 2.30. The quantitative estimate of drug-likeness (QED) is 0.0222. The molecule has 0 radical (unpaired) electrons. The highest BCUT2D eigenvalue weighted by atomic mass is 31.2. The van der Waals surface area contributed by atoms with Gasteiger partial charge in [0.25, 0.3) is 0 Å². The van der Waals surface area contributed by atoms with Gasteiger partial charge in [0, 0.05) is 25.7 Å². The molecule has 0 heterocycles. The fourth-order valence-corrected chi connectivity index (χ4v) is 12.7. The molecule has 0 bridgehead atoms. The third-order valence-corrected chi connectivity index (χ3v) is 19.3. The van der Waals surface area contributed by atoms with Crippen LogP contribution in [0.5, 0.6) is 0 Å². The molecule has 3 N–H and O–H groups in total. The number of carbonyl (C=O) groups excluding carboxylic acids is 4. The largest absolute Gasteiger partial charge is 0.472 e. The summed E-state index contributed by atoms with van der Waals surface area (Å²) >= 11 is 0. The van der Waals surface area contributed by atoms with Crippen LogP contribution in [0.4, 0.5) is 0 Å². The van der Waals surface area contributed by atoms with Gasteiger partial charge in [-0.3, -0.25) is 37.3 Å². The van der Waals surface area contributed by atoms with Gasteiger partial charge in [-0.05, 0) is 49.4 Å². The van der Waals surface area contributed by atoms with E-state index < -0.39 is 97.5 Å². The van der Waals surface area contributed by atoms with Gasteiger partial charge in [0.15, 0.2) is 12.2 Å². The van der Waals surface area contributed by atoms with E-state index in [0.717, 1.165) is 114 Å². The minimum atomic E-state index is -4.96. The Morgan fingerprint density at radius 2 is 0.516 bits per heavy atom. The highest BCUT2D eigenvalue weighted by molar-refractivity contribution is 7.47. The average Bonchev–Trinajstić information content (AvgIpc) is 3.66. The van der Waals surface area contributed by atoms with Crippen LogP contribution in [0.25, 0.3) is 0 Å². The van der Waals surface area contributed by atoms with Gasteiger partial charge in [-0.15, -0.1) is 0 Å². The van der Waals surface area contributed by atoms with Gasteiger partial charge in [0.1, 0.15) is 19.3 Å². The molecule has 6 atom stereocenters. The Morgan fingerprint density at radius 3 is 0.763 bits per heavy atom. The maximum Gasteiger partial charge on any atom is 0.472 e. The van der Waals surface area contributed by atoms with E-state index in [1.165, 1.54) is 167 Å². The number of ether oxygens (including phenoxy) is 4. The molecule has 0 rings (SSSR count). The second-order valence-electron chi connectivity index (χ2n) is 28.4. The number of esters is 4. The first-order chi connectivity index (χ1) is 44.6. The summed E-state index contributed by atoms with van der Waals surface area (Å²) in [5.74, 6) is 0.933. The van der Waals surface area contributed by atoms with E-state index >= 15 is 0 Å². The van der Waals surface area contributed by atoms with E-state index in [4.69, 9.17) is 37.0 Å². The maximum atomic E-state index is 13.1. The van der Waals surface area contributed by atoms with Gasteiger partial charge in [-0.25, -0.2) is 9.13 Å². The number of hydrogen-bond acceptors (Lipinski definition) is 15. The van der Waals surface area contributed by atoms with E-state index in [-0.39, 0.29) is 25.7 Å². The Morgan fingerprint density at radius 1 is 0.301 bits per heavy atom. The second kappa shape index (κ2) is 63.5. The summed E-state index contributed by atoms with van der Waals surface area (Å²) in [7, 11) is -9.91. The van der Waals surface area contributed by atoms with Gasteiger partial charge in [0.05, 0.1) is 26.4 Å². The Labute approximate surface area is 568 Å². The van der Waals surface area contributed by atoms with E-state index in [2.05, 4.69) is 55.4 Å². The summed E-state index contributed by atoms with van der Waals surface area (Å²) in [4.78, 5) is 72.7. The number of aliphatic hydroxyl groups excluding tert-OH is 1. The molecule has 0 amide bonds. The molecule has 552 valence electrons.